The second-order valence-corrected chi connectivity index (χ2v) is 8.98. The van der Waals surface area contributed by atoms with Gasteiger partial charge in [0.05, 0.1) is 0 Å². The number of hydrogen-bond acceptors (Lipinski definition) is 4. The monoisotopic (exact) mass is 328 g/mol. The van der Waals surface area contributed by atoms with Gasteiger partial charge in [0.25, 0.3) is 0 Å². The van der Waals surface area contributed by atoms with Gasteiger partial charge >= 0.3 is 0 Å². The molecule has 1 unspecified atom stereocenters. The maximum absolute atomic E-state index is 11.3. The first-order valence-electron chi connectivity index (χ1n) is 5.33. The molecule has 3 N–H and O–H groups in total. The van der Waals surface area contributed by atoms with E-state index < -0.39 is 14.4 Å². The van der Waals surface area contributed by atoms with Gasteiger partial charge in [-0.3, -0.25) is 0 Å². The molecule has 0 amide bonds. The van der Waals surface area contributed by atoms with Crippen LogP contribution >= 0.6 is 34.5 Å². The molecule has 1 atom stereocenters. The minimum Gasteiger partial charge on any atom is -0.312 e. The molecule has 1 aromatic heterocycles. The van der Waals surface area contributed by atoms with Gasteiger partial charge < -0.3 is 5.32 Å². The Morgan fingerprint density at radius 1 is 1.56 bits per heavy atom. The van der Waals surface area contributed by atoms with Crippen LogP contribution in [0.25, 0.3) is 0 Å². The van der Waals surface area contributed by atoms with Crippen molar-refractivity contribution in [3.8, 4) is 0 Å². The van der Waals surface area contributed by atoms with Crippen molar-refractivity contribution in [2.75, 3.05) is 6.54 Å². The van der Waals surface area contributed by atoms with Gasteiger partial charge in [0.2, 0.25) is 10.0 Å². The van der Waals surface area contributed by atoms with Crippen LogP contribution in [0.5, 0.6) is 0 Å². The molecule has 1 aliphatic carbocycles. The zero-order valence-corrected chi connectivity index (χ0v) is 12.9. The fraction of sp³-hybridized carbons (Fsp3) is 0.600. The highest BCUT2D eigenvalue weighted by Gasteiger charge is 2.62. The minimum absolute atomic E-state index is 0.145. The van der Waals surface area contributed by atoms with E-state index in [-0.39, 0.29) is 9.62 Å². The Balaban J connectivity index is 1.95. The van der Waals surface area contributed by atoms with E-state index in [2.05, 4.69) is 5.32 Å². The Hall–Kier alpha value is 0.150. The lowest BCUT2D eigenvalue weighted by atomic mass is 10.1. The maximum atomic E-state index is 11.3. The van der Waals surface area contributed by atoms with Crippen molar-refractivity contribution in [1.29, 1.82) is 0 Å². The van der Waals surface area contributed by atoms with Crippen LogP contribution in [0.1, 0.15) is 18.9 Å². The SMILES string of the molecule is CC1(CNCc2ccsc2S(N)(=O)=O)CC1(Cl)Cl. The van der Waals surface area contributed by atoms with Crippen LogP contribution in [0.2, 0.25) is 0 Å². The zero-order chi connectivity index (χ0) is 13.6. The molecule has 1 aliphatic rings. The second-order valence-electron chi connectivity index (χ2n) is 4.82. The number of thiophene rings is 1. The van der Waals surface area contributed by atoms with E-state index in [1.165, 1.54) is 0 Å². The molecule has 0 spiro atoms. The number of nitrogens with one attached hydrogen (secondary N) is 1. The molecule has 0 radical (unpaired) electrons. The van der Waals surface area contributed by atoms with Crippen LogP contribution in [0.4, 0.5) is 0 Å². The molecule has 0 bridgehead atoms. The van der Waals surface area contributed by atoms with Crippen LogP contribution in [0, 0.1) is 5.41 Å². The van der Waals surface area contributed by atoms with Gasteiger partial charge in [-0.15, -0.1) is 34.5 Å². The Kier molecular flexibility index (Phi) is 3.73. The lowest BCUT2D eigenvalue weighted by molar-refractivity contribution is 0.492. The normalized spacial score (nSPS) is 26.2. The number of hydrogen-bond donors (Lipinski definition) is 2. The topological polar surface area (TPSA) is 72.2 Å². The highest BCUT2D eigenvalue weighted by atomic mass is 35.5. The van der Waals surface area contributed by atoms with E-state index in [1.807, 2.05) is 6.92 Å². The lowest BCUT2D eigenvalue weighted by Gasteiger charge is -2.13. The Morgan fingerprint density at radius 3 is 2.67 bits per heavy atom. The van der Waals surface area contributed by atoms with E-state index in [0.717, 1.165) is 17.8 Å². The van der Waals surface area contributed by atoms with E-state index in [9.17, 15) is 8.42 Å². The third kappa shape index (κ3) is 2.84. The van der Waals surface area contributed by atoms with Gasteiger partial charge in [0.1, 0.15) is 8.54 Å². The summed E-state index contributed by atoms with van der Waals surface area (Å²) in [5.41, 5.74) is 0.537. The van der Waals surface area contributed by atoms with Gasteiger partial charge in [-0.1, -0.05) is 6.92 Å². The van der Waals surface area contributed by atoms with Gasteiger partial charge in [-0.25, -0.2) is 13.6 Å². The van der Waals surface area contributed by atoms with Gasteiger partial charge in [0.15, 0.2) is 0 Å². The summed E-state index contributed by atoms with van der Waals surface area (Å²) < 4.78 is 22.2. The van der Waals surface area contributed by atoms with Crippen LogP contribution in [0.3, 0.4) is 0 Å². The average molecular weight is 329 g/mol. The average Bonchev–Trinajstić information content (AvgIpc) is 2.62. The summed E-state index contributed by atoms with van der Waals surface area (Å²) in [5.74, 6) is 0. The third-order valence-corrected chi connectivity index (χ3v) is 6.86. The summed E-state index contributed by atoms with van der Waals surface area (Å²) in [7, 11) is -3.64. The van der Waals surface area contributed by atoms with Crippen molar-refractivity contribution in [3.05, 3.63) is 17.0 Å². The van der Waals surface area contributed by atoms with Crippen LogP contribution < -0.4 is 10.5 Å². The standard InChI is InChI=1S/C10H14Cl2N2O2S2/c1-9(5-10(9,11)12)6-14-4-7-2-3-17-8(7)18(13,15)16/h2-3,14H,4-6H2,1H3,(H2,13,15,16). The summed E-state index contributed by atoms with van der Waals surface area (Å²) in [6, 6.07) is 1.75. The third-order valence-electron chi connectivity index (χ3n) is 3.17. The molecule has 18 heavy (non-hydrogen) atoms. The molecule has 1 aromatic rings. The van der Waals surface area contributed by atoms with Gasteiger partial charge in [-0.2, -0.15) is 0 Å². The van der Waals surface area contributed by atoms with Crippen molar-refractivity contribution < 1.29 is 8.42 Å². The predicted molar refractivity (Wildman–Crippen MR) is 74.6 cm³/mol. The quantitative estimate of drug-likeness (QED) is 0.813. The molecule has 8 heteroatoms. The van der Waals surface area contributed by atoms with Crippen molar-refractivity contribution in [3.63, 3.8) is 0 Å². The van der Waals surface area contributed by atoms with Gasteiger partial charge in [-0.05, 0) is 23.4 Å². The largest absolute Gasteiger partial charge is 0.312 e. The second kappa shape index (κ2) is 4.61. The van der Waals surface area contributed by atoms with E-state index in [0.29, 0.717) is 18.7 Å². The molecule has 0 aliphatic heterocycles. The molecular weight excluding hydrogens is 315 g/mol. The lowest BCUT2D eigenvalue weighted by Crippen LogP contribution is -2.25. The first-order chi connectivity index (χ1) is 8.16. The number of primary sulfonamides is 1. The van der Waals surface area contributed by atoms with Crippen molar-refractivity contribution in [1.82, 2.24) is 5.32 Å². The molecule has 102 valence electrons. The van der Waals surface area contributed by atoms with E-state index in [4.69, 9.17) is 28.3 Å². The number of halogens is 2. The molecule has 0 aromatic carbocycles. The number of nitrogens with two attached hydrogens (primary N) is 1. The summed E-state index contributed by atoms with van der Waals surface area (Å²) >= 11 is 13.2. The molecular formula is C10H14Cl2N2O2S2. The smallest absolute Gasteiger partial charge is 0.247 e. The Morgan fingerprint density at radius 2 is 2.17 bits per heavy atom. The Labute approximate surface area is 121 Å². The predicted octanol–water partition coefficient (Wildman–Crippen LogP) is 2.07. The molecule has 1 heterocycles. The molecule has 4 nitrogen and oxygen atoms in total. The van der Waals surface area contributed by atoms with Crippen LogP contribution in [-0.4, -0.2) is 19.3 Å². The minimum atomic E-state index is -3.64. The first-order valence-corrected chi connectivity index (χ1v) is 8.52. The van der Waals surface area contributed by atoms with Crippen LogP contribution in [-0.2, 0) is 16.6 Å². The molecule has 2 rings (SSSR count). The summed E-state index contributed by atoms with van der Waals surface area (Å²) in [6.45, 7) is 3.07. The fourth-order valence-electron chi connectivity index (χ4n) is 1.81. The highest BCUT2D eigenvalue weighted by Crippen LogP contribution is 2.63. The summed E-state index contributed by atoms with van der Waals surface area (Å²) in [5, 5.41) is 10.0. The van der Waals surface area contributed by atoms with Crippen LogP contribution in [0.15, 0.2) is 15.7 Å². The van der Waals surface area contributed by atoms with E-state index >= 15 is 0 Å². The molecule has 1 saturated carbocycles. The molecule has 1 fully saturated rings. The number of sulfonamides is 1. The molecule has 0 saturated heterocycles. The van der Waals surface area contributed by atoms with Gasteiger partial charge in [0, 0.05) is 18.5 Å². The van der Waals surface area contributed by atoms with E-state index in [1.54, 1.807) is 11.4 Å². The summed E-state index contributed by atoms with van der Waals surface area (Å²) in [4.78, 5) is 0. The first kappa shape index (κ1) is 14.6. The van der Waals surface area contributed by atoms with Crippen molar-refractivity contribution in [2.24, 2.45) is 10.6 Å². The Bertz CT molecular complexity index is 556. The number of alkyl halides is 2. The highest BCUT2D eigenvalue weighted by molar-refractivity contribution is 7.91. The summed E-state index contributed by atoms with van der Waals surface area (Å²) in [6.07, 6.45) is 0.738. The van der Waals surface area contributed by atoms with Crippen molar-refractivity contribution >= 4 is 44.6 Å². The number of rotatable bonds is 5. The van der Waals surface area contributed by atoms with Crippen molar-refractivity contribution in [2.45, 2.75) is 28.4 Å². The fourth-order valence-corrected chi connectivity index (χ4v) is 4.39. The zero-order valence-electron chi connectivity index (χ0n) is 9.74. The maximum Gasteiger partial charge on any atom is 0.247 e.